The van der Waals surface area contributed by atoms with E-state index in [0.717, 1.165) is 37.4 Å². The van der Waals surface area contributed by atoms with Crippen molar-refractivity contribution in [2.24, 2.45) is 0 Å². The zero-order valence-corrected chi connectivity index (χ0v) is 15.7. The number of fused-ring (bicyclic) bond motifs is 1. The molecule has 1 aliphatic heterocycles. The second kappa shape index (κ2) is 7.31. The van der Waals surface area contributed by atoms with Crippen molar-refractivity contribution in [3.05, 3.63) is 77.6 Å². The van der Waals surface area contributed by atoms with Crippen molar-refractivity contribution in [3.8, 4) is 11.3 Å². The third-order valence-electron chi connectivity index (χ3n) is 5.04. The first-order valence-electron chi connectivity index (χ1n) is 9.50. The van der Waals surface area contributed by atoms with Gasteiger partial charge in [0.15, 0.2) is 0 Å². The molecule has 29 heavy (non-hydrogen) atoms. The fourth-order valence-electron chi connectivity index (χ4n) is 3.51. The number of anilines is 2. The molecule has 0 radical (unpaired) electrons. The van der Waals surface area contributed by atoms with Crippen LogP contribution < -0.4 is 15.4 Å². The molecule has 8 heteroatoms. The highest BCUT2D eigenvalue weighted by Crippen LogP contribution is 2.20. The first-order valence-corrected chi connectivity index (χ1v) is 9.50. The Balaban J connectivity index is 1.34. The third kappa shape index (κ3) is 3.40. The van der Waals surface area contributed by atoms with Crippen molar-refractivity contribution in [2.75, 3.05) is 36.0 Å². The summed E-state index contributed by atoms with van der Waals surface area (Å²) >= 11 is 0. The van der Waals surface area contributed by atoms with Crippen molar-refractivity contribution >= 4 is 17.4 Å². The van der Waals surface area contributed by atoms with Gasteiger partial charge in [0.2, 0.25) is 5.95 Å². The van der Waals surface area contributed by atoms with Crippen LogP contribution >= 0.6 is 0 Å². The molecule has 0 aromatic carbocycles. The molecule has 0 N–H and O–H groups in total. The first kappa shape index (κ1) is 17.3. The molecule has 4 aromatic heterocycles. The van der Waals surface area contributed by atoms with E-state index in [2.05, 4.69) is 24.8 Å². The molecule has 0 atom stereocenters. The van der Waals surface area contributed by atoms with Crippen LogP contribution in [0.4, 0.5) is 11.8 Å². The largest absolute Gasteiger partial charge is 0.353 e. The molecule has 5 heterocycles. The Hall–Kier alpha value is -3.81. The fourth-order valence-corrected chi connectivity index (χ4v) is 3.51. The molecule has 0 saturated carbocycles. The lowest BCUT2D eigenvalue weighted by atomic mass is 10.2. The average Bonchev–Trinajstić information content (AvgIpc) is 2.80. The number of hydrogen-bond donors (Lipinski definition) is 0. The van der Waals surface area contributed by atoms with Crippen LogP contribution in [0.1, 0.15) is 0 Å². The van der Waals surface area contributed by atoms with E-state index in [1.807, 2.05) is 36.4 Å². The minimum absolute atomic E-state index is 0.0689. The molecule has 0 spiro atoms. The molecule has 0 amide bonds. The van der Waals surface area contributed by atoms with Gasteiger partial charge in [-0.05, 0) is 30.3 Å². The van der Waals surface area contributed by atoms with Crippen LogP contribution in [0, 0.1) is 0 Å². The molecule has 4 aromatic rings. The summed E-state index contributed by atoms with van der Waals surface area (Å²) in [6.07, 6.45) is 7.06. The average molecular weight is 385 g/mol. The fraction of sp³-hybridized carbons (Fsp3) is 0.190. The van der Waals surface area contributed by atoms with E-state index in [1.165, 1.54) is 0 Å². The molecule has 8 nitrogen and oxygen atoms in total. The predicted molar refractivity (Wildman–Crippen MR) is 111 cm³/mol. The van der Waals surface area contributed by atoms with Gasteiger partial charge in [-0.2, -0.15) is 0 Å². The minimum atomic E-state index is -0.0689. The van der Waals surface area contributed by atoms with E-state index < -0.39 is 0 Å². The van der Waals surface area contributed by atoms with Crippen LogP contribution in [0.3, 0.4) is 0 Å². The predicted octanol–water partition coefficient (Wildman–Crippen LogP) is 1.87. The van der Waals surface area contributed by atoms with E-state index in [9.17, 15) is 4.79 Å². The molecule has 0 bridgehead atoms. The lowest BCUT2D eigenvalue weighted by Crippen LogP contribution is -2.47. The van der Waals surface area contributed by atoms with Crippen LogP contribution in [-0.4, -0.2) is 50.5 Å². The lowest BCUT2D eigenvalue weighted by molar-refractivity contribution is 0.634. The second-order valence-electron chi connectivity index (χ2n) is 6.84. The van der Waals surface area contributed by atoms with E-state index >= 15 is 0 Å². The lowest BCUT2D eigenvalue weighted by Gasteiger charge is -2.35. The normalized spacial score (nSPS) is 14.3. The van der Waals surface area contributed by atoms with E-state index in [0.29, 0.717) is 17.4 Å². The van der Waals surface area contributed by atoms with Crippen molar-refractivity contribution < 1.29 is 0 Å². The standard InChI is InChI=1S/C21H19N7O/c29-20-14-19(25-18-5-1-2-9-28(18)20)26-10-12-27(13-11-26)21-23-8-6-17(24-21)16-4-3-7-22-15-16/h1-9,14-15H,10-13H2. The summed E-state index contributed by atoms with van der Waals surface area (Å²) in [6.45, 7) is 3.00. The number of piperazine rings is 1. The van der Waals surface area contributed by atoms with Crippen molar-refractivity contribution in [1.29, 1.82) is 0 Å². The van der Waals surface area contributed by atoms with Gasteiger partial charge >= 0.3 is 0 Å². The van der Waals surface area contributed by atoms with E-state index in [4.69, 9.17) is 4.98 Å². The maximum Gasteiger partial charge on any atom is 0.259 e. The van der Waals surface area contributed by atoms with Crippen LogP contribution in [0.5, 0.6) is 0 Å². The quantitative estimate of drug-likeness (QED) is 0.533. The van der Waals surface area contributed by atoms with Gasteiger partial charge in [0.1, 0.15) is 11.5 Å². The number of nitrogens with zero attached hydrogens (tertiary/aromatic N) is 7. The van der Waals surface area contributed by atoms with Gasteiger partial charge in [0.05, 0.1) is 5.69 Å². The Morgan fingerprint density at radius 1 is 0.862 bits per heavy atom. The van der Waals surface area contributed by atoms with Gasteiger partial charge in [0, 0.05) is 62.6 Å². The zero-order valence-electron chi connectivity index (χ0n) is 15.7. The van der Waals surface area contributed by atoms with Gasteiger partial charge in [-0.25, -0.2) is 15.0 Å². The SMILES string of the molecule is O=c1cc(N2CCN(c3nccc(-c4cccnc4)n3)CC2)nc2ccccn12. The summed E-state index contributed by atoms with van der Waals surface area (Å²) < 4.78 is 1.55. The summed E-state index contributed by atoms with van der Waals surface area (Å²) in [5, 5.41) is 0. The maximum atomic E-state index is 12.4. The topological polar surface area (TPSA) is 79.5 Å². The Kier molecular flexibility index (Phi) is 4.36. The summed E-state index contributed by atoms with van der Waals surface area (Å²) in [5.41, 5.74) is 2.41. The molecular formula is C21H19N7O. The third-order valence-corrected chi connectivity index (χ3v) is 5.04. The number of aromatic nitrogens is 5. The van der Waals surface area contributed by atoms with Gasteiger partial charge in [-0.1, -0.05) is 6.07 Å². The van der Waals surface area contributed by atoms with Gasteiger partial charge in [0.25, 0.3) is 5.56 Å². The number of rotatable bonds is 3. The molecule has 1 saturated heterocycles. The molecule has 144 valence electrons. The van der Waals surface area contributed by atoms with Crippen LogP contribution in [-0.2, 0) is 0 Å². The molecule has 0 aliphatic carbocycles. The smallest absolute Gasteiger partial charge is 0.259 e. The Morgan fingerprint density at radius 2 is 1.72 bits per heavy atom. The van der Waals surface area contributed by atoms with Crippen molar-refractivity contribution in [2.45, 2.75) is 0 Å². The highest BCUT2D eigenvalue weighted by atomic mass is 16.1. The van der Waals surface area contributed by atoms with Crippen molar-refractivity contribution in [3.63, 3.8) is 0 Å². The summed E-state index contributed by atoms with van der Waals surface area (Å²) in [7, 11) is 0. The molecule has 1 aliphatic rings. The van der Waals surface area contributed by atoms with Crippen LogP contribution in [0.25, 0.3) is 16.9 Å². The van der Waals surface area contributed by atoms with Crippen LogP contribution in [0.2, 0.25) is 0 Å². The van der Waals surface area contributed by atoms with Crippen molar-refractivity contribution in [1.82, 2.24) is 24.3 Å². The second-order valence-corrected chi connectivity index (χ2v) is 6.84. The van der Waals surface area contributed by atoms with E-state index in [1.54, 1.807) is 35.3 Å². The molecule has 0 unspecified atom stereocenters. The summed E-state index contributed by atoms with van der Waals surface area (Å²) in [6, 6.07) is 12.9. The summed E-state index contributed by atoms with van der Waals surface area (Å²) in [5.74, 6) is 1.42. The Morgan fingerprint density at radius 3 is 2.55 bits per heavy atom. The Bertz CT molecular complexity index is 1200. The first-order chi connectivity index (χ1) is 14.3. The molecular weight excluding hydrogens is 366 g/mol. The zero-order chi connectivity index (χ0) is 19.6. The number of hydrogen-bond acceptors (Lipinski definition) is 7. The molecule has 5 rings (SSSR count). The van der Waals surface area contributed by atoms with E-state index in [-0.39, 0.29) is 5.56 Å². The van der Waals surface area contributed by atoms with Crippen LogP contribution in [0.15, 0.2) is 72.0 Å². The highest BCUT2D eigenvalue weighted by Gasteiger charge is 2.21. The van der Waals surface area contributed by atoms with Gasteiger partial charge in [-0.15, -0.1) is 0 Å². The Labute approximate surface area is 167 Å². The number of pyridine rings is 2. The summed E-state index contributed by atoms with van der Waals surface area (Å²) in [4.78, 5) is 34.6. The minimum Gasteiger partial charge on any atom is -0.353 e. The monoisotopic (exact) mass is 385 g/mol. The molecule has 1 fully saturated rings. The van der Waals surface area contributed by atoms with Gasteiger partial charge < -0.3 is 9.80 Å². The highest BCUT2D eigenvalue weighted by molar-refractivity contribution is 5.59. The van der Waals surface area contributed by atoms with Gasteiger partial charge in [-0.3, -0.25) is 14.2 Å². The maximum absolute atomic E-state index is 12.4.